The summed E-state index contributed by atoms with van der Waals surface area (Å²) in [5.41, 5.74) is 1.45. The molecule has 0 radical (unpaired) electrons. The number of nitrogens with zero attached hydrogens (tertiary/aromatic N) is 7. The molecule has 0 aromatic carbocycles. The van der Waals surface area contributed by atoms with Crippen LogP contribution in [0.5, 0.6) is 0 Å². The number of carbonyl (C=O) groups is 11. The van der Waals surface area contributed by atoms with Gasteiger partial charge in [0, 0.05) is 48.0 Å². The number of aromatic nitrogens is 1. The van der Waals surface area contributed by atoms with E-state index in [-0.39, 0.29) is 74.5 Å². The number of likely N-dealkylation sites (N-methyl/N-ethyl adjacent to an activating group) is 6. The van der Waals surface area contributed by atoms with Crippen LogP contribution in [-0.4, -0.2) is 220 Å². The Hall–Kier alpha value is -6.98. The lowest BCUT2D eigenvalue weighted by atomic mass is 9.91. The van der Waals surface area contributed by atoms with E-state index in [4.69, 9.17) is 4.74 Å². The molecular weight excluding hydrogens is 1190 g/mol. The van der Waals surface area contributed by atoms with Crippen LogP contribution >= 0.6 is 0 Å². The number of rotatable bonds is 18. The van der Waals surface area contributed by atoms with Crippen LogP contribution in [0.25, 0.3) is 6.08 Å². The van der Waals surface area contributed by atoms with Crippen LogP contribution in [0.2, 0.25) is 0 Å². The number of allylic oxidation sites excluding steroid dienone is 1. The number of aliphatic hydroxyl groups excluding tert-OH is 1. The van der Waals surface area contributed by atoms with E-state index >= 15 is 14.4 Å². The number of pyridine rings is 1. The van der Waals surface area contributed by atoms with Crippen molar-refractivity contribution in [3.8, 4) is 0 Å². The van der Waals surface area contributed by atoms with Gasteiger partial charge in [0.1, 0.15) is 54.4 Å². The Kier molecular flexibility index (Phi) is 33.4. The average molecular weight is 1310 g/mol. The maximum Gasteiger partial charge on any atom is 0.329 e. The normalized spacial score (nSPS) is 25.5. The fraction of sp³-hybridized carbons (Fsp3) is 0.739. The molecule has 0 bridgehead atoms. The van der Waals surface area contributed by atoms with Gasteiger partial charge in [-0.05, 0) is 124 Å². The zero-order chi connectivity index (χ0) is 71.4. The third kappa shape index (κ3) is 24.4. The van der Waals surface area contributed by atoms with Crippen molar-refractivity contribution in [3.63, 3.8) is 0 Å². The zero-order valence-corrected chi connectivity index (χ0v) is 60.5. The van der Waals surface area contributed by atoms with Gasteiger partial charge in [-0.2, -0.15) is 0 Å². The van der Waals surface area contributed by atoms with Crippen molar-refractivity contribution in [1.29, 1.82) is 0 Å². The van der Waals surface area contributed by atoms with E-state index in [1.807, 2.05) is 94.4 Å². The Morgan fingerprint density at radius 1 is 0.527 bits per heavy atom. The van der Waals surface area contributed by atoms with E-state index in [0.29, 0.717) is 5.69 Å². The molecule has 24 nitrogen and oxygen atoms in total. The van der Waals surface area contributed by atoms with E-state index < -0.39 is 156 Å². The van der Waals surface area contributed by atoms with Crippen molar-refractivity contribution in [2.45, 2.75) is 236 Å². The van der Waals surface area contributed by atoms with E-state index in [9.17, 15) is 43.5 Å². The quantitative estimate of drug-likeness (QED) is 0.118. The van der Waals surface area contributed by atoms with Crippen LogP contribution in [0.15, 0.2) is 24.3 Å². The second kappa shape index (κ2) is 37.8. The highest BCUT2D eigenvalue weighted by Crippen LogP contribution is 2.25. The molecule has 0 aliphatic carbocycles. The molecule has 1 aliphatic heterocycles. The highest BCUT2D eigenvalue weighted by Gasteiger charge is 2.45. The predicted molar refractivity (Wildman–Crippen MR) is 359 cm³/mol. The van der Waals surface area contributed by atoms with Gasteiger partial charge in [-0.25, -0.2) is 4.79 Å². The number of amides is 10. The van der Waals surface area contributed by atoms with Gasteiger partial charge in [-0.15, -0.1) is 0 Å². The second-order valence-corrected chi connectivity index (χ2v) is 28.6. The third-order valence-corrected chi connectivity index (χ3v) is 17.0. The summed E-state index contributed by atoms with van der Waals surface area (Å²) in [5, 5.41) is 23.6. The number of esters is 1. The van der Waals surface area contributed by atoms with Crippen molar-refractivity contribution in [2.24, 2.45) is 47.3 Å². The standard InChI is InChI=1S/C69H117N11O13/c1-25-49-64(87)75(19)37-55(81)76(20)52(34-40(6)7)61(84)73-50(32-38(2)3)65(88)77(21)53(35-41(8)9)60(83)71-47(18)69(92)93-59(44(14)15)68(91)78(22)54(36-42(10)11)62(85)74-51(33-39(4)5)66(89)79(23)56(43(12)13)67(90)80(24)57(63(86)72-49)58(82)45(16)28-26-30-48-31-27-29-46(17)70-48/h26-27,29-31,38-45,47,49-54,56-59,82H,25,28,32-37H2,1-24H3,(H,71,83)(H,72,86)(H,73,84)(H,74,85)/b30-26+/t45-,47+,49+,50+,51-,52+,53+,54+,56+,57+,58-,59-/m1/s1. The number of cyclic esters (lactones) is 1. The Morgan fingerprint density at radius 3 is 1.40 bits per heavy atom. The first kappa shape index (κ1) is 82.1. The molecule has 93 heavy (non-hydrogen) atoms. The number of nitrogens with one attached hydrogen (secondary N) is 4. The molecular formula is C69H117N11O13. The number of aryl methyl sites for hydroxylation is 1. The minimum absolute atomic E-state index is 0.000978. The van der Waals surface area contributed by atoms with Gasteiger partial charge in [0.15, 0.2) is 6.10 Å². The topological polar surface area (TPSA) is 298 Å². The number of carbonyl (C=O) groups excluding carboxylic acids is 11. The summed E-state index contributed by atoms with van der Waals surface area (Å²) in [6.07, 6.45) is 1.35. The summed E-state index contributed by atoms with van der Waals surface area (Å²) in [5.74, 6) is -10.9. The van der Waals surface area contributed by atoms with E-state index in [1.165, 1.54) is 68.8 Å². The Morgan fingerprint density at radius 2 is 0.957 bits per heavy atom. The number of aliphatic hydroxyl groups is 1. The van der Waals surface area contributed by atoms with Crippen molar-refractivity contribution in [1.82, 2.24) is 55.7 Å². The summed E-state index contributed by atoms with van der Waals surface area (Å²) in [4.78, 5) is 173. The van der Waals surface area contributed by atoms with Crippen LogP contribution in [0.3, 0.4) is 0 Å². The van der Waals surface area contributed by atoms with Crippen LogP contribution < -0.4 is 21.3 Å². The molecule has 24 heteroatoms. The van der Waals surface area contributed by atoms with Crippen molar-refractivity contribution >= 4 is 71.1 Å². The molecule has 526 valence electrons. The van der Waals surface area contributed by atoms with Gasteiger partial charge in [0.05, 0.1) is 18.3 Å². The summed E-state index contributed by atoms with van der Waals surface area (Å²) in [6.45, 7) is 31.3. The van der Waals surface area contributed by atoms with E-state index in [0.717, 1.165) is 15.5 Å². The molecule has 1 aromatic heterocycles. The minimum Gasteiger partial charge on any atom is -0.450 e. The maximum absolute atomic E-state index is 15.3. The van der Waals surface area contributed by atoms with E-state index in [1.54, 1.807) is 53.7 Å². The molecule has 5 N–H and O–H groups in total. The van der Waals surface area contributed by atoms with E-state index in [2.05, 4.69) is 26.3 Å². The average Bonchev–Trinajstić information content (AvgIpc) is 0.825. The van der Waals surface area contributed by atoms with Gasteiger partial charge in [-0.3, -0.25) is 52.9 Å². The lowest BCUT2D eigenvalue weighted by Crippen LogP contribution is -2.63. The summed E-state index contributed by atoms with van der Waals surface area (Å²) < 4.78 is 5.92. The molecule has 1 aromatic rings. The SMILES string of the molecule is CC[C@@H]1NC(=O)[C@H]([C@H](O)[C@H](C)C/C=C/c2cccc(C)n2)N(C)C(=O)[C@H](C(C)C)N(C)C(=O)[C@@H](CC(C)C)NC(=O)[C@H](CC(C)C)N(C)C(=O)[C@@H](C(C)C)OC(=O)[C@H](C)NC(=O)[C@H](CC(C)C)N(C)C(=O)[C@H](CC(C)C)NC(=O)[C@H](CC(C)C)N(C)C(=O)CN(C)C1=O. The molecule has 2 heterocycles. The fourth-order valence-corrected chi connectivity index (χ4v) is 11.5. The van der Waals surface area contributed by atoms with Crippen molar-refractivity contribution in [3.05, 3.63) is 35.7 Å². The Labute approximate surface area is 555 Å². The largest absolute Gasteiger partial charge is 0.450 e. The number of hydrogen-bond acceptors (Lipinski definition) is 14. The molecule has 2 rings (SSSR count). The maximum atomic E-state index is 15.3. The number of ether oxygens (including phenoxy) is 1. The molecule has 1 fully saturated rings. The molecule has 10 amide bonds. The lowest BCUT2D eigenvalue weighted by molar-refractivity contribution is -0.166. The predicted octanol–water partition coefficient (Wildman–Crippen LogP) is 5.22. The van der Waals surface area contributed by atoms with Crippen LogP contribution in [0.4, 0.5) is 0 Å². The summed E-state index contributed by atoms with van der Waals surface area (Å²) in [7, 11) is 8.38. The van der Waals surface area contributed by atoms with Crippen LogP contribution in [0.1, 0.15) is 174 Å². The minimum atomic E-state index is -1.67. The van der Waals surface area contributed by atoms with Crippen molar-refractivity contribution < 1.29 is 62.6 Å². The first-order valence-corrected chi connectivity index (χ1v) is 33.4. The van der Waals surface area contributed by atoms with Crippen LogP contribution in [-0.2, 0) is 57.5 Å². The molecule has 0 saturated carbocycles. The monoisotopic (exact) mass is 1310 g/mol. The highest BCUT2D eigenvalue weighted by atomic mass is 16.6. The summed E-state index contributed by atoms with van der Waals surface area (Å²) >= 11 is 0. The first-order chi connectivity index (χ1) is 43.1. The van der Waals surface area contributed by atoms with Crippen LogP contribution in [0, 0.1) is 54.3 Å². The molecule has 1 aliphatic rings. The highest BCUT2D eigenvalue weighted by molar-refractivity contribution is 5.99. The molecule has 0 unspecified atom stereocenters. The van der Waals surface area contributed by atoms with Gasteiger partial charge < -0.3 is 60.5 Å². The smallest absolute Gasteiger partial charge is 0.329 e. The second-order valence-electron chi connectivity index (χ2n) is 28.6. The Balaban J connectivity index is 3.02. The molecule has 12 atom stereocenters. The number of hydrogen-bond donors (Lipinski definition) is 5. The molecule has 1 saturated heterocycles. The third-order valence-electron chi connectivity index (χ3n) is 17.0. The zero-order valence-electron chi connectivity index (χ0n) is 60.5. The lowest BCUT2D eigenvalue weighted by Gasteiger charge is -2.40. The summed E-state index contributed by atoms with van der Waals surface area (Å²) in [6, 6.07) is -6.09. The Bertz CT molecular complexity index is 2730. The fourth-order valence-electron chi connectivity index (χ4n) is 11.5. The van der Waals surface area contributed by atoms with Gasteiger partial charge in [0.25, 0.3) is 5.91 Å². The van der Waals surface area contributed by atoms with Gasteiger partial charge >= 0.3 is 5.97 Å². The molecule has 0 spiro atoms. The first-order valence-electron chi connectivity index (χ1n) is 33.4. The van der Waals surface area contributed by atoms with Gasteiger partial charge in [0.2, 0.25) is 53.2 Å². The van der Waals surface area contributed by atoms with Gasteiger partial charge in [-0.1, -0.05) is 123 Å². The van der Waals surface area contributed by atoms with Crippen molar-refractivity contribution in [2.75, 3.05) is 48.8 Å².